The van der Waals surface area contributed by atoms with Gasteiger partial charge in [0.25, 0.3) is 0 Å². The summed E-state index contributed by atoms with van der Waals surface area (Å²) in [5.74, 6) is 3.82. The van der Waals surface area contributed by atoms with E-state index in [0.717, 1.165) is 28.2 Å². The van der Waals surface area contributed by atoms with Crippen LogP contribution in [0, 0.1) is 12.3 Å². The van der Waals surface area contributed by atoms with Gasteiger partial charge in [0, 0.05) is 17.3 Å². The van der Waals surface area contributed by atoms with Crippen LogP contribution in [0.25, 0.3) is 0 Å². The van der Waals surface area contributed by atoms with E-state index in [-0.39, 0.29) is 18.7 Å². The van der Waals surface area contributed by atoms with Crippen LogP contribution < -0.4 is 25.4 Å². The fourth-order valence-electron chi connectivity index (χ4n) is 3.51. The number of ether oxygens (including phenoxy) is 2. The van der Waals surface area contributed by atoms with Gasteiger partial charge in [0.15, 0.2) is 0 Å². The summed E-state index contributed by atoms with van der Waals surface area (Å²) in [6.45, 7) is 4.07. The number of amides is 1. The van der Waals surface area contributed by atoms with E-state index >= 15 is 0 Å². The first-order valence-electron chi connectivity index (χ1n) is 8.71. The van der Waals surface area contributed by atoms with Crippen LogP contribution in [0.5, 0.6) is 11.5 Å². The van der Waals surface area contributed by atoms with E-state index in [1.807, 2.05) is 44.2 Å². The molecule has 0 radical (unpaired) electrons. The number of hydrogen-bond donors (Lipinski definition) is 3. The molecule has 3 N–H and O–H groups in total. The predicted molar refractivity (Wildman–Crippen MR) is 105 cm³/mol. The first-order valence-corrected chi connectivity index (χ1v) is 8.71. The van der Waals surface area contributed by atoms with Crippen LogP contribution in [0.1, 0.15) is 31.1 Å². The molecule has 0 bridgehead atoms. The highest BCUT2D eigenvalue weighted by Crippen LogP contribution is 2.46. The standard InChI is InChI=1S/C21H21N3O3/c1-5-8-27-12-6-7-13(18(9-12)26-4)19-22-16-10-14-15(11-17(16)23-19)24-20(25)21(14,2)3/h1,6-7,9-11,19,22-23H,8H2,2-4H3,(H,24,25). The summed E-state index contributed by atoms with van der Waals surface area (Å²) in [4.78, 5) is 12.2. The lowest BCUT2D eigenvalue weighted by molar-refractivity contribution is -0.119. The maximum absolute atomic E-state index is 12.2. The molecule has 2 heterocycles. The number of fused-ring (bicyclic) bond motifs is 2. The number of carbonyl (C=O) groups excluding carboxylic acids is 1. The van der Waals surface area contributed by atoms with E-state index < -0.39 is 5.41 Å². The quantitative estimate of drug-likeness (QED) is 0.726. The average Bonchev–Trinajstić information content (AvgIpc) is 3.16. The van der Waals surface area contributed by atoms with Crippen LogP contribution in [0.3, 0.4) is 0 Å². The Kier molecular flexibility index (Phi) is 3.88. The van der Waals surface area contributed by atoms with Gasteiger partial charge in [0.05, 0.1) is 23.9 Å². The molecule has 2 aromatic carbocycles. The molecular formula is C21H21N3O3. The number of rotatable bonds is 4. The van der Waals surface area contributed by atoms with Gasteiger partial charge in [-0.3, -0.25) is 4.79 Å². The summed E-state index contributed by atoms with van der Waals surface area (Å²) in [5.41, 5.74) is 4.14. The Hall–Kier alpha value is -3.33. The second kappa shape index (κ2) is 6.13. The molecule has 138 valence electrons. The minimum absolute atomic E-state index is 0.0157. The molecule has 27 heavy (non-hydrogen) atoms. The summed E-state index contributed by atoms with van der Waals surface area (Å²) in [6, 6.07) is 9.64. The Morgan fingerprint density at radius 3 is 2.59 bits per heavy atom. The Morgan fingerprint density at radius 1 is 1.15 bits per heavy atom. The van der Waals surface area contributed by atoms with Gasteiger partial charge in [-0.05, 0) is 43.7 Å². The van der Waals surface area contributed by atoms with Gasteiger partial charge in [-0.15, -0.1) is 6.42 Å². The largest absolute Gasteiger partial charge is 0.496 e. The van der Waals surface area contributed by atoms with Crippen LogP contribution in [-0.2, 0) is 10.2 Å². The molecule has 2 aromatic rings. The fourth-order valence-corrected chi connectivity index (χ4v) is 3.51. The zero-order valence-corrected chi connectivity index (χ0v) is 15.5. The number of hydrogen-bond acceptors (Lipinski definition) is 5. The zero-order valence-electron chi connectivity index (χ0n) is 15.5. The smallest absolute Gasteiger partial charge is 0.234 e. The molecule has 0 saturated heterocycles. The molecule has 6 nitrogen and oxygen atoms in total. The third-order valence-corrected chi connectivity index (χ3v) is 5.08. The van der Waals surface area contributed by atoms with Gasteiger partial charge in [-0.2, -0.15) is 0 Å². The number of benzene rings is 2. The Bertz CT molecular complexity index is 975. The minimum Gasteiger partial charge on any atom is -0.496 e. The molecule has 6 heteroatoms. The number of carbonyl (C=O) groups is 1. The van der Waals surface area contributed by atoms with E-state index in [2.05, 4.69) is 21.9 Å². The molecule has 2 aliphatic rings. The number of methoxy groups -OCH3 is 1. The lowest BCUT2D eigenvalue weighted by Gasteiger charge is -2.17. The third-order valence-electron chi connectivity index (χ3n) is 5.08. The summed E-state index contributed by atoms with van der Waals surface area (Å²) in [7, 11) is 1.62. The van der Waals surface area contributed by atoms with Crippen LogP contribution in [0.15, 0.2) is 30.3 Å². The Labute approximate surface area is 158 Å². The van der Waals surface area contributed by atoms with Crippen molar-refractivity contribution in [2.75, 3.05) is 29.7 Å². The Balaban J connectivity index is 1.63. The topological polar surface area (TPSA) is 71.6 Å². The SMILES string of the molecule is C#CCOc1ccc(C2Nc3cc4c(cc3N2)C(C)(C)C(=O)N4)c(OC)c1. The van der Waals surface area contributed by atoms with Crippen molar-refractivity contribution in [1.29, 1.82) is 0 Å². The van der Waals surface area contributed by atoms with E-state index in [1.165, 1.54) is 0 Å². The van der Waals surface area contributed by atoms with Crippen LogP contribution in [-0.4, -0.2) is 19.6 Å². The summed E-state index contributed by atoms with van der Waals surface area (Å²) >= 11 is 0. The van der Waals surface area contributed by atoms with E-state index in [1.54, 1.807) is 7.11 Å². The van der Waals surface area contributed by atoms with Crippen molar-refractivity contribution in [3.8, 4) is 23.8 Å². The minimum atomic E-state index is -0.544. The van der Waals surface area contributed by atoms with E-state index in [4.69, 9.17) is 15.9 Å². The summed E-state index contributed by atoms with van der Waals surface area (Å²) in [6.07, 6.45) is 5.09. The Morgan fingerprint density at radius 2 is 1.89 bits per heavy atom. The van der Waals surface area contributed by atoms with Crippen LogP contribution >= 0.6 is 0 Å². The lowest BCUT2D eigenvalue weighted by atomic mass is 9.86. The molecule has 0 aliphatic carbocycles. The maximum atomic E-state index is 12.2. The third kappa shape index (κ3) is 2.72. The van der Waals surface area contributed by atoms with Crippen molar-refractivity contribution in [2.45, 2.75) is 25.4 Å². The van der Waals surface area contributed by atoms with Gasteiger partial charge in [0.1, 0.15) is 24.3 Å². The van der Waals surface area contributed by atoms with Crippen molar-refractivity contribution in [1.82, 2.24) is 0 Å². The molecule has 1 unspecified atom stereocenters. The van der Waals surface area contributed by atoms with Gasteiger partial charge in [-0.25, -0.2) is 0 Å². The van der Waals surface area contributed by atoms with Crippen LogP contribution in [0.2, 0.25) is 0 Å². The highest BCUT2D eigenvalue weighted by Gasteiger charge is 2.40. The van der Waals surface area contributed by atoms with E-state index in [0.29, 0.717) is 11.5 Å². The average molecular weight is 363 g/mol. The van der Waals surface area contributed by atoms with Gasteiger partial charge >= 0.3 is 0 Å². The van der Waals surface area contributed by atoms with Crippen molar-refractivity contribution >= 4 is 23.0 Å². The van der Waals surface area contributed by atoms with Gasteiger partial charge in [-0.1, -0.05) is 5.92 Å². The molecule has 4 rings (SSSR count). The van der Waals surface area contributed by atoms with Crippen molar-refractivity contribution in [2.24, 2.45) is 0 Å². The van der Waals surface area contributed by atoms with Gasteiger partial charge in [0.2, 0.25) is 5.91 Å². The second-order valence-corrected chi connectivity index (χ2v) is 7.14. The molecule has 0 saturated carbocycles. The molecule has 1 atom stereocenters. The number of terminal acetylenes is 1. The first kappa shape index (κ1) is 17.1. The summed E-state index contributed by atoms with van der Waals surface area (Å²) in [5, 5.41) is 9.87. The maximum Gasteiger partial charge on any atom is 0.234 e. The lowest BCUT2D eigenvalue weighted by Crippen LogP contribution is -2.26. The molecule has 0 fully saturated rings. The highest BCUT2D eigenvalue weighted by molar-refractivity contribution is 6.07. The van der Waals surface area contributed by atoms with Crippen molar-refractivity contribution in [3.63, 3.8) is 0 Å². The molecule has 1 amide bonds. The normalized spacial score (nSPS) is 18.4. The molecule has 0 aromatic heterocycles. The van der Waals surface area contributed by atoms with Crippen molar-refractivity contribution in [3.05, 3.63) is 41.5 Å². The predicted octanol–water partition coefficient (Wildman–Crippen LogP) is 3.47. The van der Waals surface area contributed by atoms with Gasteiger partial charge < -0.3 is 25.4 Å². The molecule has 0 spiro atoms. The zero-order chi connectivity index (χ0) is 19.2. The highest BCUT2D eigenvalue weighted by atomic mass is 16.5. The molecule has 2 aliphatic heterocycles. The summed E-state index contributed by atoms with van der Waals surface area (Å²) < 4.78 is 11.0. The molecular weight excluding hydrogens is 342 g/mol. The number of nitrogens with one attached hydrogen (secondary N) is 3. The fraction of sp³-hybridized carbons (Fsp3) is 0.286. The van der Waals surface area contributed by atoms with Crippen molar-refractivity contribution < 1.29 is 14.3 Å². The van der Waals surface area contributed by atoms with Crippen LogP contribution in [0.4, 0.5) is 17.1 Å². The second-order valence-electron chi connectivity index (χ2n) is 7.14. The first-order chi connectivity index (χ1) is 12.9. The monoisotopic (exact) mass is 363 g/mol. The van der Waals surface area contributed by atoms with E-state index in [9.17, 15) is 4.79 Å². The number of anilines is 3.